The third kappa shape index (κ3) is 3.83. The SMILES string of the molecule is Cl.Cn1cc(CN2CCC(N3CCNCC3)C2)c(-c2cccs2)n1. The summed E-state index contributed by atoms with van der Waals surface area (Å²) in [6.07, 6.45) is 3.49. The molecule has 2 aliphatic rings. The lowest BCUT2D eigenvalue weighted by molar-refractivity contribution is 0.170. The molecular formula is C17H26ClN5S. The highest BCUT2D eigenvalue weighted by molar-refractivity contribution is 7.13. The van der Waals surface area contributed by atoms with Crippen molar-refractivity contribution in [2.24, 2.45) is 7.05 Å². The Morgan fingerprint density at radius 2 is 2.12 bits per heavy atom. The minimum absolute atomic E-state index is 0. The van der Waals surface area contributed by atoms with E-state index < -0.39 is 0 Å². The van der Waals surface area contributed by atoms with Crippen LogP contribution in [-0.4, -0.2) is 64.9 Å². The van der Waals surface area contributed by atoms with Gasteiger partial charge in [-0.05, 0) is 17.9 Å². The van der Waals surface area contributed by atoms with E-state index in [2.05, 4.69) is 43.9 Å². The molecule has 0 aliphatic carbocycles. The molecule has 0 spiro atoms. The van der Waals surface area contributed by atoms with E-state index in [-0.39, 0.29) is 12.4 Å². The van der Waals surface area contributed by atoms with Gasteiger partial charge in [-0.2, -0.15) is 5.10 Å². The van der Waals surface area contributed by atoms with Crippen molar-refractivity contribution in [3.63, 3.8) is 0 Å². The lowest BCUT2D eigenvalue weighted by atomic mass is 10.2. The molecule has 1 atom stereocenters. The van der Waals surface area contributed by atoms with Gasteiger partial charge < -0.3 is 5.32 Å². The summed E-state index contributed by atoms with van der Waals surface area (Å²) < 4.78 is 1.95. The number of hydrogen-bond acceptors (Lipinski definition) is 5. The monoisotopic (exact) mass is 367 g/mol. The fraction of sp³-hybridized carbons (Fsp3) is 0.588. The third-order valence-corrected chi connectivity index (χ3v) is 5.85. The smallest absolute Gasteiger partial charge is 0.107 e. The number of halogens is 1. The van der Waals surface area contributed by atoms with E-state index in [0.717, 1.165) is 31.4 Å². The second kappa shape index (κ2) is 7.97. The number of aryl methyl sites for hydroxylation is 1. The van der Waals surface area contributed by atoms with E-state index in [4.69, 9.17) is 0 Å². The number of nitrogens with zero attached hydrogens (tertiary/aromatic N) is 4. The summed E-state index contributed by atoms with van der Waals surface area (Å²) >= 11 is 1.78. The van der Waals surface area contributed by atoms with Crippen LogP contribution in [0.15, 0.2) is 23.7 Å². The molecule has 0 radical (unpaired) electrons. The van der Waals surface area contributed by atoms with Gasteiger partial charge in [0.15, 0.2) is 0 Å². The summed E-state index contributed by atoms with van der Waals surface area (Å²) in [4.78, 5) is 6.54. The van der Waals surface area contributed by atoms with Gasteiger partial charge in [0.05, 0.1) is 4.88 Å². The van der Waals surface area contributed by atoms with Crippen LogP contribution in [-0.2, 0) is 13.6 Å². The van der Waals surface area contributed by atoms with Crippen LogP contribution in [0.1, 0.15) is 12.0 Å². The maximum absolute atomic E-state index is 4.69. The Kier molecular flexibility index (Phi) is 5.94. The van der Waals surface area contributed by atoms with E-state index in [9.17, 15) is 0 Å². The molecule has 2 saturated heterocycles. The van der Waals surface area contributed by atoms with Gasteiger partial charge in [0, 0.05) is 70.7 Å². The molecule has 0 aromatic carbocycles. The van der Waals surface area contributed by atoms with Crippen LogP contribution in [0.25, 0.3) is 10.6 Å². The van der Waals surface area contributed by atoms with Crippen molar-refractivity contribution < 1.29 is 0 Å². The van der Waals surface area contributed by atoms with Crippen LogP contribution in [0.5, 0.6) is 0 Å². The second-order valence-corrected chi connectivity index (χ2v) is 7.57. The van der Waals surface area contributed by atoms with Crippen molar-refractivity contribution in [2.75, 3.05) is 39.3 Å². The summed E-state index contributed by atoms with van der Waals surface area (Å²) in [7, 11) is 2.02. The molecule has 5 nitrogen and oxygen atoms in total. The van der Waals surface area contributed by atoms with Crippen LogP contribution in [0, 0.1) is 0 Å². The van der Waals surface area contributed by atoms with Crippen LogP contribution in [0.3, 0.4) is 0 Å². The van der Waals surface area contributed by atoms with E-state index in [1.807, 2.05) is 11.7 Å². The lowest BCUT2D eigenvalue weighted by Crippen LogP contribution is -2.49. The number of thiophene rings is 1. The van der Waals surface area contributed by atoms with Crippen molar-refractivity contribution in [3.8, 4) is 10.6 Å². The first-order valence-corrected chi connectivity index (χ1v) is 9.41. The molecule has 4 rings (SSSR count). The maximum atomic E-state index is 4.69. The predicted molar refractivity (Wildman–Crippen MR) is 102 cm³/mol. The minimum Gasteiger partial charge on any atom is -0.314 e. The van der Waals surface area contributed by atoms with Gasteiger partial charge in [-0.1, -0.05) is 6.07 Å². The van der Waals surface area contributed by atoms with E-state index in [0.29, 0.717) is 0 Å². The Morgan fingerprint density at radius 3 is 2.88 bits per heavy atom. The topological polar surface area (TPSA) is 36.3 Å². The average molecular weight is 368 g/mol. The summed E-state index contributed by atoms with van der Waals surface area (Å²) in [6, 6.07) is 5.01. The molecule has 0 bridgehead atoms. The van der Waals surface area contributed by atoms with E-state index in [1.165, 1.54) is 43.0 Å². The fourth-order valence-electron chi connectivity index (χ4n) is 3.82. The molecule has 0 saturated carbocycles. The lowest BCUT2D eigenvalue weighted by Gasteiger charge is -2.32. The molecule has 4 heterocycles. The number of hydrogen-bond donors (Lipinski definition) is 1. The molecule has 2 fully saturated rings. The molecular weight excluding hydrogens is 342 g/mol. The number of piperazine rings is 1. The number of rotatable bonds is 4. The molecule has 24 heavy (non-hydrogen) atoms. The fourth-order valence-corrected chi connectivity index (χ4v) is 4.56. The Morgan fingerprint density at radius 1 is 1.29 bits per heavy atom. The van der Waals surface area contributed by atoms with Crippen LogP contribution in [0.2, 0.25) is 0 Å². The molecule has 132 valence electrons. The molecule has 1 unspecified atom stereocenters. The zero-order valence-corrected chi connectivity index (χ0v) is 15.8. The molecule has 2 aromatic rings. The van der Waals surface area contributed by atoms with E-state index in [1.54, 1.807) is 11.3 Å². The van der Waals surface area contributed by atoms with Gasteiger partial charge >= 0.3 is 0 Å². The first-order chi connectivity index (χ1) is 11.3. The largest absolute Gasteiger partial charge is 0.314 e. The van der Waals surface area contributed by atoms with E-state index >= 15 is 0 Å². The van der Waals surface area contributed by atoms with Crippen molar-refractivity contribution in [1.29, 1.82) is 0 Å². The first-order valence-electron chi connectivity index (χ1n) is 8.53. The molecule has 2 aliphatic heterocycles. The Bertz CT molecular complexity index is 635. The number of likely N-dealkylation sites (tertiary alicyclic amines) is 1. The Balaban J connectivity index is 0.00000169. The van der Waals surface area contributed by atoms with Crippen LogP contribution in [0.4, 0.5) is 0 Å². The van der Waals surface area contributed by atoms with Crippen molar-refractivity contribution in [2.45, 2.75) is 19.0 Å². The summed E-state index contributed by atoms with van der Waals surface area (Å²) in [5.41, 5.74) is 2.52. The highest BCUT2D eigenvalue weighted by Crippen LogP contribution is 2.28. The molecule has 0 amide bonds. The summed E-state index contributed by atoms with van der Waals surface area (Å²) in [5.74, 6) is 0. The van der Waals surface area contributed by atoms with Gasteiger partial charge in [-0.25, -0.2) is 0 Å². The van der Waals surface area contributed by atoms with Crippen LogP contribution < -0.4 is 5.32 Å². The van der Waals surface area contributed by atoms with Crippen LogP contribution >= 0.6 is 23.7 Å². The van der Waals surface area contributed by atoms with Gasteiger partial charge in [-0.15, -0.1) is 23.7 Å². The summed E-state index contributed by atoms with van der Waals surface area (Å²) in [6.45, 7) is 8.09. The average Bonchev–Trinajstić information content (AvgIpc) is 3.29. The zero-order chi connectivity index (χ0) is 15.6. The van der Waals surface area contributed by atoms with Gasteiger partial charge in [-0.3, -0.25) is 14.5 Å². The van der Waals surface area contributed by atoms with Gasteiger partial charge in [0.25, 0.3) is 0 Å². The zero-order valence-electron chi connectivity index (χ0n) is 14.1. The standard InChI is InChI=1S/C17H25N5S.ClH/c1-20-11-14(17(19-20)16-3-2-10-23-16)12-21-7-4-15(13-21)22-8-5-18-6-9-22;/h2-3,10-11,15,18H,4-9,12-13H2,1H3;1H. The van der Waals surface area contributed by atoms with Gasteiger partial charge in [0.2, 0.25) is 0 Å². The number of nitrogens with one attached hydrogen (secondary N) is 1. The Hall–Kier alpha value is -0.920. The number of aromatic nitrogens is 2. The molecule has 1 N–H and O–H groups in total. The maximum Gasteiger partial charge on any atom is 0.107 e. The van der Waals surface area contributed by atoms with Crippen molar-refractivity contribution >= 4 is 23.7 Å². The molecule has 7 heteroatoms. The molecule has 2 aromatic heterocycles. The quantitative estimate of drug-likeness (QED) is 0.897. The minimum atomic E-state index is 0. The predicted octanol–water partition coefficient (Wildman–Crippen LogP) is 2.05. The van der Waals surface area contributed by atoms with Crippen molar-refractivity contribution in [3.05, 3.63) is 29.3 Å². The summed E-state index contributed by atoms with van der Waals surface area (Å²) in [5, 5.41) is 10.3. The highest BCUT2D eigenvalue weighted by Gasteiger charge is 2.29. The van der Waals surface area contributed by atoms with Crippen molar-refractivity contribution in [1.82, 2.24) is 24.9 Å². The third-order valence-electron chi connectivity index (χ3n) is 4.97. The van der Waals surface area contributed by atoms with Gasteiger partial charge in [0.1, 0.15) is 5.69 Å². The highest BCUT2D eigenvalue weighted by atomic mass is 35.5. The Labute approximate surface area is 154 Å². The second-order valence-electron chi connectivity index (χ2n) is 6.62. The normalized spacial score (nSPS) is 22.6. The first kappa shape index (κ1) is 17.9.